The number of halogens is 2. The lowest BCUT2D eigenvalue weighted by molar-refractivity contribution is 0.451. The van der Waals surface area contributed by atoms with E-state index in [1.165, 1.54) is 0 Å². The monoisotopic (exact) mass is 343 g/mol. The molecule has 0 atom stereocenters. The second kappa shape index (κ2) is 5.14. The highest BCUT2D eigenvalue weighted by molar-refractivity contribution is 9.10. The molecule has 0 bridgehead atoms. The van der Waals surface area contributed by atoms with Crippen LogP contribution in [0.2, 0.25) is 0 Å². The van der Waals surface area contributed by atoms with Crippen LogP contribution in [0.4, 0.5) is 0 Å². The molecule has 0 aliphatic heterocycles. The fourth-order valence-electron chi connectivity index (χ4n) is 1.46. The highest BCUT2D eigenvalue weighted by Crippen LogP contribution is 2.23. The minimum absolute atomic E-state index is 0.315. The Labute approximate surface area is 120 Å². The highest BCUT2D eigenvalue weighted by Gasteiger charge is 2.13. The molecule has 7 nitrogen and oxygen atoms in total. The van der Waals surface area contributed by atoms with Crippen molar-refractivity contribution in [2.45, 2.75) is 12.4 Å². The lowest BCUT2D eigenvalue weighted by atomic mass is 10.4. The Hall–Kier alpha value is -1.67. The molecule has 98 valence electrons. The van der Waals surface area contributed by atoms with Crippen molar-refractivity contribution in [1.29, 1.82) is 0 Å². The molecule has 0 saturated carbocycles. The van der Waals surface area contributed by atoms with Crippen LogP contribution in [-0.2, 0) is 12.4 Å². The summed E-state index contributed by atoms with van der Waals surface area (Å²) in [5, 5.41) is 15.6. The molecule has 0 fully saturated rings. The lowest BCUT2D eigenvalue weighted by Crippen LogP contribution is -2.00. The zero-order valence-electron chi connectivity index (χ0n) is 9.45. The minimum Gasteiger partial charge on any atom is -0.444 e. The maximum absolute atomic E-state index is 5.65. The van der Waals surface area contributed by atoms with Gasteiger partial charge in [0.2, 0.25) is 5.89 Å². The molecule has 0 amide bonds. The maximum Gasteiger partial charge on any atom is 0.283 e. The molecular formula is C10H7BrClN5O2. The zero-order chi connectivity index (χ0) is 13.2. The molecule has 3 rings (SSSR count). The van der Waals surface area contributed by atoms with Crippen molar-refractivity contribution in [2.24, 2.45) is 0 Å². The Morgan fingerprint density at radius 2 is 2.11 bits per heavy atom. The largest absolute Gasteiger partial charge is 0.444 e. The van der Waals surface area contributed by atoms with Crippen LogP contribution in [0.1, 0.15) is 11.6 Å². The van der Waals surface area contributed by atoms with E-state index in [2.05, 4.69) is 36.4 Å². The average Bonchev–Trinajstić information content (AvgIpc) is 3.10. The van der Waals surface area contributed by atoms with Gasteiger partial charge < -0.3 is 8.83 Å². The molecule has 0 aliphatic rings. The molecule has 0 aliphatic carbocycles. The van der Waals surface area contributed by atoms with Crippen LogP contribution in [0.25, 0.3) is 11.7 Å². The predicted octanol–water partition coefficient (Wildman–Crippen LogP) is 2.47. The molecule has 9 heteroatoms. The summed E-state index contributed by atoms with van der Waals surface area (Å²) >= 11 is 8.85. The Morgan fingerprint density at radius 3 is 2.79 bits per heavy atom. The number of nitrogens with zero attached hydrogens (tertiary/aromatic N) is 5. The van der Waals surface area contributed by atoms with Gasteiger partial charge >= 0.3 is 0 Å². The van der Waals surface area contributed by atoms with Crippen molar-refractivity contribution in [1.82, 2.24) is 25.2 Å². The third-order valence-corrected chi connectivity index (χ3v) is 2.97. The van der Waals surface area contributed by atoms with Gasteiger partial charge in [0.1, 0.15) is 6.54 Å². The van der Waals surface area contributed by atoms with E-state index in [-0.39, 0.29) is 0 Å². The van der Waals surface area contributed by atoms with Gasteiger partial charge in [-0.1, -0.05) is 5.21 Å². The summed E-state index contributed by atoms with van der Waals surface area (Å²) in [6.45, 7) is 0.332. The zero-order valence-corrected chi connectivity index (χ0v) is 11.8. The van der Waals surface area contributed by atoms with Gasteiger partial charge in [0, 0.05) is 0 Å². The highest BCUT2D eigenvalue weighted by atomic mass is 79.9. The van der Waals surface area contributed by atoms with Crippen LogP contribution >= 0.6 is 27.5 Å². The predicted molar refractivity (Wildman–Crippen MR) is 68.4 cm³/mol. The first-order chi connectivity index (χ1) is 9.24. The molecule has 3 aromatic heterocycles. The minimum atomic E-state index is 0.315. The van der Waals surface area contributed by atoms with Crippen molar-refractivity contribution in [3.05, 3.63) is 34.6 Å². The van der Waals surface area contributed by atoms with Crippen molar-refractivity contribution < 1.29 is 8.83 Å². The molecule has 0 aromatic carbocycles. The van der Waals surface area contributed by atoms with Crippen molar-refractivity contribution in [2.75, 3.05) is 0 Å². The number of hydrogen-bond acceptors (Lipinski definition) is 6. The summed E-state index contributed by atoms with van der Waals surface area (Å²) in [6.07, 6.45) is 1.72. The maximum atomic E-state index is 5.65. The van der Waals surface area contributed by atoms with Crippen molar-refractivity contribution >= 4 is 27.5 Å². The fourth-order valence-corrected chi connectivity index (χ4v) is 1.89. The second-order valence-corrected chi connectivity index (χ2v) is 4.69. The van der Waals surface area contributed by atoms with Crippen LogP contribution in [-0.4, -0.2) is 25.2 Å². The van der Waals surface area contributed by atoms with Crippen LogP contribution in [0.3, 0.4) is 0 Å². The molecule has 0 unspecified atom stereocenters. The van der Waals surface area contributed by atoms with Gasteiger partial charge in [-0.05, 0) is 28.1 Å². The third-order valence-electron chi connectivity index (χ3n) is 2.27. The second-order valence-electron chi connectivity index (χ2n) is 3.65. The van der Waals surface area contributed by atoms with E-state index >= 15 is 0 Å². The summed E-state index contributed by atoms with van der Waals surface area (Å²) in [4.78, 5) is 0. The molecule has 0 saturated heterocycles. The average molecular weight is 345 g/mol. The van der Waals surface area contributed by atoms with Gasteiger partial charge in [0.05, 0.1) is 17.8 Å². The Balaban J connectivity index is 1.78. The summed E-state index contributed by atoms with van der Waals surface area (Å²) in [5.41, 5.74) is 0.691. The summed E-state index contributed by atoms with van der Waals surface area (Å²) in [5.74, 6) is 1.55. The van der Waals surface area contributed by atoms with Gasteiger partial charge in [-0.2, -0.15) is 0 Å². The number of aromatic nitrogens is 5. The number of rotatable bonds is 4. The van der Waals surface area contributed by atoms with Crippen molar-refractivity contribution in [3.8, 4) is 11.7 Å². The van der Waals surface area contributed by atoms with Crippen LogP contribution < -0.4 is 0 Å². The molecule has 0 radical (unpaired) electrons. The van der Waals surface area contributed by atoms with Gasteiger partial charge in [0.15, 0.2) is 10.4 Å². The molecule has 3 heterocycles. The number of alkyl halides is 1. The smallest absolute Gasteiger partial charge is 0.283 e. The van der Waals surface area contributed by atoms with Gasteiger partial charge in [-0.25, -0.2) is 4.68 Å². The summed E-state index contributed by atoms with van der Waals surface area (Å²) in [7, 11) is 0. The van der Waals surface area contributed by atoms with E-state index in [0.717, 1.165) is 0 Å². The van der Waals surface area contributed by atoms with E-state index in [4.69, 9.17) is 20.4 Å². The first-order valence-corrected chi connectivity index (χ1v) is 6.60. The molecule has 0 spiro atoms. The lowest BCUT2D eigenvalue weighted by Gasteiger charge is -1.92. The molecule has 0 N–H and O–H groups in total. The third kappa shape index (κ3) is 2.69. The summed E-state index contributed by atoms with van der Waals surface area (Å²) < 4.78 is 13.0. The van der Waals surface area contributed by atoms with Gasteiger partial charge in [0.25, 0.3) is 5.89 Å². The number of furan rings is 1. The first kappa shape index (κ1) is 12.4. The molecule has 3 aromatic rings. The van der Waals surface area contributed by atoms with Crippen molar-refractivity contribution in [3.63, 3.8) is 0 Å². The van der Waals surface area contributed by atoms with Crippen LogP contribution in [0, 0.1) is 0 Å². The van der Waals surface area contributed by atoms with E-state index in [0.29, 0.717) is 40.3 Å². The van der Waals surface area contributed by atoms with E-state index in [1.807, 2.05) is 0 Å². The summed E-state index contributed by atoms with van der Waals surface area (Å²) in [6, 6.07) is 3.49. The SMILES string of the molecule is ClCc1cn(Cc2nnc(-c3ccc(Br)o3)o2)nn1. The fraction of sp³-hybridized carbons (Fsp3) is 0.200. The Kier molecular flexibility index (Phi) is 3.34. The van der Waals surface area contributed by atoms with Crippen LogP contribution in [0.5, 0.6) is 0 Å². The van der Waals surface area contributed by atoms with Gasteiger partial charge in [-0.3, -0.25) is 0 Å². The standard InChI is InChI=1S/C10H7BrClN5O2/c11-8-2-1-7(18-8)10-15-14-9(19-10)5-17-4-6(3-12)13-16-17/h1-2,4H,3,5H2. The topological polar surface area (TPSA) is 82.8 Å². The normalized spacial score (nSPS) is 11.1. The molecule has 19 heavy (non-hydrogen) atoms. The van der Waals surface area contributed by atoms with E-state index in [9.17, 15) is 0 Å². The van der Waals surface area contributed by atoms with Crippen LogP contribution in [0.15, 0.2) is 31.8 Å². The van der Waals surface area contributed by atoms with E-state index in [1.54, 1.807) is 23.0 Å². The number of hydrogen-bond donors (Lipinski definition) is 0. The Bertz CT molecular complexity index is 691. The molecular weight excluding hydrogens is 338 g/mol. The first-order valence-electron chi connectivity index (χ1n) is 5.27. The van der Waals surface area contributed by atoms with Gasteiger partial charge in [-0.15, -0.1) is 26.9 Å². The quantitative estimate of drug-likeness (QED) is 0.676. The Morgan fingerprint density at radius 1 is 1.21 bits per heavy atom. The van der Waals surface area contributed by atoms with E-state index < -0.39 is 0 Å².